The molecule has 2 aromatic carbocycles. The molecule has 7 nitrogen and oxygen atoms in total. The van der Waals surface area contributed by atoms with Crippen LogP contribution in [0.2, 0.25) is 0 Å². The fourth-order valence-electron chi connectivity index (χ4n) is 3.65. The van der Waals surface area contributed by atoms with Crippen molar-refractivity contribution in [3.63, 3.8) is 0 Å². The maximum absolute atomic E-state index is 12.4. The van der Waals surface area contributed by atoms with Crippen molar-refractivity contribution in [3.05, 3.63) is 60.2 Å². The highest BCUT2D eigenvalue weighted by Crippen LogP contribution is 2.21. The van der Waals surface area contributed by atoms with Crippen LogP contribution in [-0.4, -0.2) is 55.5 Å². The highest BCUT2D eigenvalue weighted by molar-refractivity contribution is 5.88. The van der Waals surface area contributed by atoms with Crippen LogP contribution in [-0.2, 0) is 25.7 Å². The van der Waals surface area contributed by atoms with E-state index in [1.807, 2.05) is 23.1 Å². The minimum Gasteiger partial charge on any atom is -0.469 e. The number of esters is 1. The lowest BCUT2D eigenvalue weighted by atomic mass is 10.0. The first kappa shape index (κ1) is 22.5. The van der Waals surface area contributed by atoms with Gasteiger partial charge in [0.15, 0.2) is 0 Å². The average molecular weight is 424 g/mol. The highest BCUT2D eigenvalue weighted by Gasteiger charge is 2.31. The standard InChI is InChI=1S/C24H29N3O4/c1-31-23(29)8-5-13-25-22(28)16-21-24(30)26-14-15-27(21)17-18-9-11-20(12-10-18)19-6-3-2-4-7-19/h2-4,6-7,9-12,21H,5,8,13-17H2,1H3,(H,25,28)(H,26,30)/t21-/m0/s1. The van der Waals surface area contributed by atoms with Crippen molar-refractivity contribution in [1.82, 2.24) is 15.5 Å². The molecule has 164 valence electrons. The second-order valence-electron chi connectivity index (χ2n) is 7.57. The highest BCUT2D eigenvalue weighted by atomic mass is 16.5. The molecule has 1 aliphatic heterocycles. The Hall–Kier alpha value is -3.19. The number of hydrogen-bond acceptors (Lipinski definition) is 5. The van der Waals surface area contributed by atoms with Gasteiger partial charge in [0.2, 0.25) is 11.8 Å². The van der Waals surface area contributed by atoms with Gasteiger partial charge in [0.1, 0.15) is 0 Å². The van der Waals surface area contributed by atoms with Crippen LogP contribution in [0.4, 0.5) is 0 Å². The van der Waals surface area contributed by atoms with Crippen molar-refractivity contribution in [1.29, 1.82) is 0 Å². The third-order valence-electron chi connectivity index (χ3n) is 5.37. The Morgan fingerprint density at radius 2 is 1.81 bits per heavy atom. The van der Waals surface area contributed by atoms with E-state index in [1.165, 1.54) is 7.11 Å². The van der Waals surface area contributed by atoms with Gasteiger partial charge >= 0.3 is 5.97 Å². The molecule has 1 aliphatic rings. The summed E-state index contributed by atoms with van der Waals surface area (Å²) in [5.74, 6) is -0.626. The van der Waals surface area contributed by atoms with E-state index in [9.17, 15) is 14.4 Å². The Morgan fingerprint density at radius 3 is 2.52 bits per heavy atom. The van der Waals surface area contributed by atoms with Crippen molar-refractivity contribution in [2.45, 2.75) is 31.8 Å². The summed E-state index contributed by atoms with van der Waals surface area (Å²) >= 11 is 0. The van der Waals surface area contributed by atoms with Crippen molar-refractivity contribution in [3.8, 4) is 11.1 Å². The fourth-order valence-corrected chi connectivity index (χ4v) is 3.65. The van der Waals surface area contributed by atoms with Gasteiger partial charge < -0.3 is 15.4 Å². The molecule has 1 heterocycles. The quantitative estimate of drug-likeness (QED) is 0.477. The van der Waals surface area contributed by atoms with Crippen molar-refractivity contribution in [2.75, 3.05) is 26.7 Å². The monoisotopic (exact) mass is 423 g/mol. The molecule has 0 aromatic heterocycles. The summed E-state index contributed by atoms with van der Waals surface area (Å²) in [5, 5.41) is 5.64. The number of methoxy groups -OCH3 is 1. The summed E-state index contributed by atoms with van der Waals surface area (Å²) in [6.07, 6.45) is 0.852. The van der Waals surface area contributed by atoms with Gasteiger partial charge in [-0.2, -0.15) is 0 Å². The summed E-state index contributed by atoms with van der Waals surface area (Å²) in [7, 11) is 1.34. The van der Waals surface area contributed by atoms with Gasteiger partial charge in [-0.15, -0.1) is 0 Å². The number of nitrogens with zero attached hydrogens (tertiary/aromatic N) is 1. The number of benzene rings is 2. The molecule has 0 radical (unpaired) electrons. The number of rotatable bonds is 9. The topological polar surface area (TPSA) is 87.7 Å². The molecule has 2 aromatic rings. The van der Waals surface area contributed by atoms with E-state index >= 15 is 0 Å². The van der Waals surface area contributed by atoms with Gasteiger partial charge in [0.05, 0.1) is 19.6 Å². The van der Waals surface area contributed by atoms with Gasteiger partial charge in [-0.3, -0.25) is 19.3 Å². The Kier molecular flexibility index (Phi) is 8.18. The molecule has 31 heavy (non-hydrogen) atoms. The van der Waals surface area contributed by atoms with Crippen LogP contribution in [0, 0.1) is 0 Å². The van der Waals surface area contributed by atoms with Crippen LogP contribution in [0.25, 0.3) is 11.1 Å². The van der Waals surface area contributed by atoms with Crippen LogP contribution in [0.15, 0.2) is 54.6 Å². The van der Waals surface area contributed by atoms with Crippen LogP contribution >= 0.6 is 0 Å². The predicted molar refractivity (Wildman–Crippen MR) is 118 cm³/mol. The maximum atomic E-state index is 12.4. The molecule has 0 aliphatic carbocycles. The van der Waals surface area contributed by atoms with Gasteiger partial charge in [-0.05, 0) is 23.1 Å². The van der Waals surface area contributed by atoms with E-state index in [0.29, 0.717) is 32.6 Å². The van der Waals surface area contributed by atoms with E-state index in [2.05, 4.69) is 51.8 Å². The largest absolute Gasteiger partial charge is 0.469 e. The van der Waals surface area contributed by atoms with Crippen LogP contribution in [0.5, 0.6) is 0 Å². The second-order valence-corrected chi connectivity index (χ2v) is 7.57. The number of amides is 2. The zero-order chi connectivity index (χ0) is 22.1. The molecule has 0 spiro atoms. The lowest BCUT2D eigenvalue weighted by Crippen LogP contribution is -2.56. The van der Waals surface area contributed by atoms with Crippen molar-refractivity contribution < 1.29 is 19.1 Å². The summed E-state index contributed by atoms with van der Waals surface area (Å²) in [6.45, 7) is 2.23. The number of carbonyl (C=O) groups is 3. The first-order valence-corrected chi connectivity index (χ1v) is 10.6. The molecule has 7 heteroatoms. The Labute approximate surface area is 182 Å². The number of ether oxygens (including phenoxy) is 1. The number of carbonyl (C=O) groups excluding carboxylic acids is 3. The third kappa shape index (κ3) is 6.65. The van der Waals surface area contributed by atoms with E-state index < -0.39 is 6.04 Å². The van der Waals surface area contributed by atoms with E-state index in [4.69, 9.17) is 0 Å². The molecule has 3 rings (SSSR count). The van der Waals surface area contributed by atoms with Crippen molar-refractivity contribution >= 4 is 17.8 Å². The molecule has 0 unspecified atom stereocenters. The molecule has 2 N–H and O–H groups in total. The van der Waals surface area contributed by atoms with Gasteiger partial charge in [-0.25, -0.2) is 0 Å². The average Bonchev–Trinajstić information content (AvgIpc) is 2.80. The van der Waals surface area contributed by atoms with Crippen LogP contribution in [0.1, 0.15) is 24.8 Å². The number of nitrogens with one attached hydrogen (secondary N) is 2. The summed E-state index contributed by atoms with van der Waals surface area (Å²) < 4.78 is 4.58. The first-order valence-electron chi connectivity index (χ1n) is 10.6. The van der Waals surface area contributed by atoms with E-state index in [1.54, 1.807) is 0 Å². The zero-order valence-corrected chi connectivity index (χ0v) is 17.8. The SMILES string of the molecule is COC(=O)CCCNC(=O)C[C@H]1C(=O)NCCN1Cc1ccc(-c2ccccc2)cc1. The predicted octanol–water partition coefficient (Wildman–Crippen LogP) is 2.11. The second kappa shape index (κ2) is 11.3. The van der Waals surface area contributed by atoms with Gasteiger partial charge in [-0.1, -0.05) is 54.6 Å². The van der Waals surface area contributed by atoms with Gasteiger partial charge in [0, 0.05) is 32.6 Å². The zero-order valence-electron chi connectivity index (χ0n) is 17.8. The number of piperazine rings is 1. The fraction of sp³-hybridized carbons (Fsp3) is 0.375. The van der Waals surface area contributed by atoms with E-state index in [0.717, 1.165) is 16.7 Å². The van der Waals surface area contributed by atoms with Crippen LogP contribution < -0.4 is 10.6 Å². The molecular weight excluding hydrogens is 394 g/mol. The molecule has 0 bridgehead atoms. The Balaban J connectivity index is 1.56. The van der Waals surface area contributed by atoms with Crippen LogP contribution in [0.3, 0.4) is 0 Å². The summed E-state index contributed by atoms with van der Waals surface area (Å²) in [5.41, 5.74) is 3.40. The molecule has 2 amide bonds. The number of hydrogen-bond donors (Lipinski definition) is 2. The molecule has 1 fully saturated rings. The van der Waals surface area contributed by atoms with Gasteiger partial charge in [0.25, 0.3) is 0 Å². The Morgan fingerprint density at radius 1 is 1.10 bits per heavy atom. The minimum atomic E-state index is -0.511. The lowest BCUT2D eigenvalue weighted by molar-refractivity contribution is -0.140. The van der Waals surface area contributed by atoms with E-state index in [-0.39, 0.29) is 30.6 Å². The van der Waals surface area contributed by atoms with Crippen molar-refractivity contribution in [2.24, 2.45) is 0 Å². The minimum absolute atomic E-state index is 0.0894. The third-order valence-corrected chi connectivity index (χ3v) is 5.37. The summed E-state index contributed by atoms with van der Waals surface area (Å²) in [4.78, 5) is 38.0. The Bertz CT molecular complexity index is 883. The molecule has 1 atom stereocenters. The first-order chi connectivity index (χ1) is 15.1. The normalized spacial score (nSPS) is 16.4. The molecule has 1 saturated heterocycles. The smallest absolute Gasteiger partial charge is 0.305 e. The molecular formula is C24H29N3O4. The maximum Gasteiger partial charge on any atom is 0.305 e. The lowest BCUT2D eigenvalue weighted by Gasteiger charge is -2.34. The summed E-state index contributed by atoms with van der Waals surface area (Å²) in [6, 6.07) is 18.0. The molecule has 0 saturated carbocycles.